The number of aromatic nitrogens is 1. The summed E-state index contributed by atoms with van der Waals surface area (Å²) in [5.74, 6) is -0.353. The molecule has 0 amide bonds. The van der Waals surface area contributed by atoms with Gasteiger partial charge < -0.3 is 14.2 Å². The van der Waals surface area contributed by atoms with Gasteiger partial charge in [0, 0.05) is 12.8 Å². The molecule has 0 N–H and O–H groups in total. The average molecular weight is 393 g/mol. The van der Waals surface area contributed by atoms with Crippen molar-refractivity contribution in [3.63, 3.8) is 0 Å². The fraction of sp³-hybridized carbons (Fsp3) is 0.643. The van der Waals surface area contributed by atoms with E-state index >= 15 is 0 Å². The molecule has 110 valence electrons. The predicted molar refractivity (Wildman–Crippen MR) is 79.0 cm³/mol. The molecule has 0 spiro atoms. The summed E-state index contributed by atoms with van der Waals surface area (Å²) in [5.41, 5.74) is -0.308. The molecular formula is C14H17FINO3. The molecule has 1 saturated heterocycles. The lowest BCUT2D eigenvalue weighted by Gasteiger charge is -2.27. The Bertz CT molecular complexity index is 475. The third-order valence-electron chi connectivity index (χ3n) is 3.61. The van der Waals surface area contributed by atoms with Gasteiger partial charge in [-0.05, 0) is 60.8 Å². The van der Waals surface area contributed by atoms with Gasteiger partial charge in [0.05, 0.1) is 3.57 Å². The number of hydrogen-bond donors (Lipinski definition) is 0. The molecule has 20 heavy (non-hydrogen) atoms. The molecule has 1 saturated carbocycles. The Morgan fingerprint density at radius 3 is 3.00 bits per heavy atom. The van der Waals surface area contributed by atoms with Crippen LogP contribution in [-0.4, -0.2) is 30.1 Å². The zero-order valence-electron chi connectivity index (χ0n) is 11.1. The fourth-order valence-corrected chi connectivity index (χ4v) is 2.61. The number of nitrogens with zero attached hydrogens (tertiary/aromatic N) is 1. The molecule has 2 aliphatic rings. The number of ether oxygens (including phenoxy) is 3. The van der Waals surface area contributed by atoms with Gasteiger partial charge in [0.1, 0.15) is 12.2 Å². The van der Waals surface area contributed by atoms with Crippen molar-refractivity contribution in [2.45, 2.75) is 44.0 Å². The van der Waals surface area contributed by atoms with Crippen molar-refractivity contribution in [3.8, 4) is 5.88 Å². The molecule has 1 atom stereocenters. The highest BCUT2D eigenvalue weighted by molar-refractivity contribution is 14.1. The van der Waals surface area contributed by atoms with Crippen molar-refractivity contribution in [3.05, 3.63) is 21.7 Å². The summed E-state index contributed by atoms with van der Waals surface area (Å²) in [4.78, 5) is 3.93. The minimum Gasteiger partial charge on any atom is -0.472 e. The highest BCUT2D eigenvalue weighted by Gasteiger charge is 2.47. The van der Waals surface area contributed by atoms with Crippen molar-refractivity contribution in [2.24, 2.45) is 0 Å². The van der Waals surface area contributed by atoms with Crippen molar-refractivity contribution in [1.29, 1.82) is 0 Å². The van der Waals surface area contributed by atoms with E-state index < -0.39 is 5.82 Å². The Morgan fingerprint density at radius 1 is 1.45 bits per heavy atom. The van der Waals surface area contributed by atoms with Crippen LogP contribution < -0.4 is 4.74 Å². The molecular weight excluding hydrogens is 376 g/mol. The Balaban J connectivity index is 1.56. The van der Waals surface area contributed by atoms with Gasteiger partial charge in [-0.3, -0.25) is 0 Å². The SMILES string of the molecule is Fc1c(I)ccnc1OCC1(OC2CCCCO2)CC1. The first-order valence-corrected chi connectivity index (χ1v) is 7.99. The van der Waals surface area contributed by atoms with Crippen LogP contribution >= 0.6 is 22.6 Å². The molecule has 3 rings (SSSR count). The Hall–Kier alpha value is -0.470. The third kappa shape index (κ3) is 3.40. The lowest BCUT2D eigenvalue weighted by atomic mass is 10.2. The highest BCUT2D eigenvalue weighted by Crippen LogP contribution is 2.42. The first-order chi connectivity index (χ1) is 9.69. The monoisotopic (exact) mass is 393 g/mol. The molecule has 0 aromatic carbocycles. The molecule has 1 aliphatic heterocycles. The standard InChI is InChI=1S/C14H17FINO3/c15-12-10(16)4-7-17-13(12)19-9-14(5-6-14)20-11-3-1-2-8-18-11/h4,7,11H,1-3,5-6,8-9H2. The van der Waals surface area contributed by atoms with Crippen LogP contribution in [0.4, 0.5) is 4.39 Å². The van der Waals surface area contributed by atoms with E-state index in [0.29, 0.717) is 10.2 Å². The third-order valence-corrected chi connectivity index (χ3v) is 4.44. The molecule has 2 heterocycles. The smallest absolute Gasteiger partial charge is 0.251 e. The lowest BCUT2D eigenvalue weighted by molar-refractivity contribution is -0.202. The second kappa shape index (κ2) is 6.11. The number of halogens is 2. The molecule has 1 aromatic heterocycles. The fourth-order valence-electron chi connectivity index (χ4n) is 2.22. The minimum atomic E-state index is -0.405. The maximum atomic E-state index is 13.8. The van der Waals surface area contributed by atoms with E-state index in [9.17, 15) is 4.39 Å². The number of hydrogen-bond acceptors (Lipinski definition) is 4. The summed E-state index contributed by atoms with van der Waals surface area (Å²) in [6.45, 7) is 1.09. The van der Waals surface area contributed by atoms with Gasteiger partial charge in [-0.15, -0.1) is 0 Å². The lowest BCUT2D eigenvalue weighted by Crippen LogP contribution is -2.33. The van der Waals surface area contributed by atoms with E-state index in [1.165, 1.54) is 0 Å². The van der Waals surface area contributed by atoms with E-state index in [1.807, 2.05) is 22.6 Å². The second-order valence-corrected chi connectivity index (χ2v) is 6.46. The largest absolute Gasteiger partial charge is 0.472 e. The topological polar surface area (TPSA) is 40.6 Å². The molecule has 6 heteroatoms. The summed E-state index contributed by atoms with van der Waals surface area (Å²) in [5, 5.41) is 0. The highest BCUT2D eigenvalue weighted by atomic mass is 127. The van der Waals surface area contributed by atoms with Gasteiger partial charge in [0.15, 0.2) is 12.1 Å². The van der Waals surface area contributed by atoms with Gasteiger partial charge in [0.2, 0.25) is 0 Å². The molecule has 1 unspecified atom stereocenters. The summed E-state index contributed by atoms with van der Waals surface area (Å²) in [7, 11) is 0. The quantitative estimate of drug-likeness (QED) is 0.721. The van der Waals surface area contributed by atoms with Gasteiger partial charge >= 0.3 is 0 Å². The summed E-state index contributed by atoms with van der Waals surface area (Å²) < 4.78 is 31.4. The predicted octanol–water partition coefficient (Wildman–Crippen LogP) is 3.28. The Morgan fingerprint density at radius 2 is 2.30 bits per heavy atom. The average Bonchev–Trinajstić information content (AvgIpc) is 3.22. The van der Waals surface area contributed by atoms with Gasteiger partial charge in [-0.2, -0.15) is 4.39 Å². The van der Waals surface area contributed by atoms with E-state index in [1.54, 1.807) is 12.3 Å². The Labute approximate surface area is 131 Å². The first-order valence-electron chi connectivity index (χ1n) is 6.91. The van der Waals surface area contributed by atoms with Gasteiger partial charge in [-0.25, -0.2) is 4.98 Å². The molecule has 1 aliphatic carbocycles. The molecule has 0 radical (unpaired) electrons. The van der Waals surface area contributed by atoms with Crippen molar-refractivity contribution in [1.82, 2.24) is 4.98 Å². The van der Waals surface area contributed by atoms with E-state index in [2.05, 4.69) is 4.98 Å². The van der Waals surface area contributed by atoms with Gasteiger partial charge in [-0.1, -0.05) is 0 Å². The van der Waals surface area contributed by atoms with Crippen LogP contribution in [0.15, 0.2) is 12.3 Å². The second-order valence-electron chi connectivity index (χ2n) is 5.30. The zero-order chi connectivity index (χ0) is 14.0. The van der Waals surface area contributed by atoms with Crippen LogP contribution in [-0.2, 0) is 9.47 Å². The van der Waals surface area contributed by atoms with Crippen LogP contribution in [0.2, 0.25) is 0 Å². The Kier molecular flexibility index (Phi) is 4.42. The van der Waals surface area contributed by atoms with Gasteiger partial charge in [0.25, 0.3) is 5.88 Å². The molecule has 1 aromatic rings. The minimum absolute atomic E-state index is 0.0522. The maximum Gasteiger partial charge on any atom is 0.251 e. The zero-order valence-corrected chi connectivity index (χ0v) is 13.3. The van der Waals surface area contributed by atoms with E-state index in [4.69, 9.17) is 14.2 Å². The molecule has 4 nitrogen and oxygen atoms in total. The molecule has 0 bridgehead atoms. The summed E-state index contributed by atoms with van der Waals surface area (Å²) in [6.07, 6.45) is 6.43. The first kappa shape index (κ1) is 14.5. The van der Waals surface area contributed by atoms with Crippen molar-refractivity contribution >= 4 is 22.6 Å². The van der Waals surface area contributed by atoms with E-state index in [-0.39, 0.29) is 17.8 Å². The number of rotatable bonds is 5. The summed E-state index contributed by atoms with van der Waals surface area (Å²) in [6, 6.07) is 1.61. The van der Waals surface area contributed by atoms with Crippen LogP contribution in [0.25, 0.3) is 0 Å². The van der Waals surface area contributed by atoms with Crippen LogP contribution in [0, 0.1) is 9.39 Å². The van der Waals surface area contributed by atoms with Crippen LogP contribution in [0.3, 0.4) is 0 Å². The van der Waals surface area contributed by atoms with Crippen molar-refractivity contribution < 1.29 is 18.6 Å². The normalized spacial score (nSPS) is 24.4. The molecule has 2 fully saturated rings. The summed E-state index contributed by atoms with van der Waals surface area (Å²) >= 11 is 1.92. The maximum absolute atomic E-state index is 13.8. The van der Waals surface area contributed by atoms with E-state index in [0.717, 1.165) is 38.7 Å². The van der Waals surface area contributed by atoms with Crippen LogP contribution in [0.1, 0.15) is 32.1 Å². The number of pyridine rings is 1. The van der Waals surface area contributed by atoms with Crippen LogP contribution in [0.5, 0.6) is 5.88 Å². The van der Waals surface area contributed by atoms with Crippen molar-refractivity contribution in [2.75, 3.05) is 13.2 Å².